The summed E-state index contributed by atoms with van der Waals surface area (Å²) in [7, 11) is 0. The highest BCUT2D eigenvalue weighted by Gasteiger charge is 2.16. The molecule has 0 unspecified atom stereocenters. The molecule has 3 aromatic rings. The standard InChI is InChI=1S/C16H9FN2O3/c17-11-5-10-12(20)6-13(22-16(10)14(19)15(11)21)9-3-1-8(7-18)2-4-9/h1-6,21H,19H2. The Hall–Kier alpha value is -3.33. The van der Waals surface area contributed by atoms with Gasteiger partial charge in [-0.2, -0.15) is 5.26 Å². The van der Waals surface area contributed by atoms with Gasteiger partial charge in [-0.25, -0.2) is 4.39 Å². The molecule has 0 amide bonds. The van der Waals surface area contributed by atoms with Crippen molar-refractivity contribution in [2.45, 2.75) is 0 Å². The van der Waals surface area contributed by atoms with E-state index in [0.717, 1.165) is 6.07 Å². The van der Waals surface area contributed by atoms with E-state index < -0.39 is 17.0 Å². The van der Waals surface area contributed by atoms with E-state index in [-0.39, 0.29) is 22.4 Å². The van der Waals surface area contributed by atoms with Gasteiger partial charge < -0.3 is 15.3 Å². The van der Waals surface area contributed by atoms with Crippen LogP contribution in [0.3, 0.4) is 0 Å². The molecule has 0 saturated heterocycles. The van der Waals surface area contributed by atoms with E-state index in [4.69, 9.17) is 15.4 Å². The minimum Gasteiger partial charge on any atom is -0.503 e. The van der Waals surface area contributed by atoms with Crippen LogP contribution >= 0.6 is 0 Å². The molecule has 3 N–H and O–H groups in total. The zero-order valence-electron chi connectivity index (χ0n) is 11.1. The van der Waals surface area contributed by atoms with Crippen LogP contribution in [0.1, 0.15) is 5.56 Å². The van der Waals surface area contributed by atoms with Gasteiger partial charge in [0.2, 0.25) is 0 Å². The molecule has 0 aliphatic heterocycles. The van der Waals surface area contributed by atoms with Gasteiger partial charge in [-0.05, 0) is 30.3 Å². The van der Waals surface area contributed by atoms with Crippen molar-refractivity contribution < 1.29 is 13.9 Å². The Morgan fingerprint density at radius 1 is 1.23 bits per heavy atom. The smallest absolute Gasteiger partial charge is 0.193 e. The Morgan fingerprint density at radius 3 is 2.55 bits per heavy atom. The number of anilines is 1. The van der Waals surface area contributed by atoms with Crippen LogP contribution < -0.4 is 11.2 Å². The van der Waals surface area contributed by atoms with Crippen LogP contribution in [-0.4, -0.2) is 5.11 Å². The molecule has 22 heavy (non-hydrogen) atoms. The maximum Gasteiger partial charge on any atom is 0.193 e. The van der Waals surface area contributed by atoms with E-state index in [0.29, 0.717) is 11.1 Å². The number of fused-ring (bicyclic) bond motifs is 1. The summed E-state index contributed by atoms with van der Waals surface area (Å²) < 4.78 is 19.0. The lowest BCUT2D eigenvalue weighted by atomic mass is 10.1. The summed E-state index contributed by atoms with van der Waals surface area (Å²) in [4.78, 5) is 12.1. The maximum atomic E-state index is 13.5. The van der Waals surface area contributed by atoms with Crippen LogP contribution in [0, 0.1) is 17.1 Å². The number of phenolic OH excluding ortho intramolecular Hbond substituents is 1. The molecule has 6 heteroatoms. The molecule has 0 fully saturated rings. The fourth-order valence-electron chi connectivity index (χ4n) is 2.12. The molecule has 0 radical (unpaired) electrons. The van der Waals surface area contributed by atoms with Gasteiger partial charge in [0.15, 0.2) is 22.6 Å². The maximum absolute atomic E-state index is 13.5. The Bertz CT molecular complexity index is 985. The number of nitrogen functional groups attached to an aromatic ring is 1. The molecule has 1 aromatic heterocycles. The van der Waals surface area contributed by atoms with Crippen molar-refractivity contribution in [2.75, 3.05) is 5.73 Å². The second-order valence-electron chi connectivity index (χ2n) is 4.66. The third-order valence-electron chi connectivity index (χ3n) is 3.28. The molecule has 0 aliphatic carbocycles. The second-order valence-corrected chi connectivity index (χ2v) is 4.66. The van der Waals surface area contributed by atoms with E-state index in [1.54, 1.807) is 24.3 Å². The monoisotopic (exact) mass is 296 g/mol. The Morgan fingerprint density at radius 2 is 1.91 bits per heavy atom. The first-order valence-electron chi connectivity index (χ1n) is 6.26. The van der Waals surface area contributed by atoms with Crippen molar-refractivity contribution in [3.63, 3.8) is 0 Å². The van der Waals surface area contributed by atoms with E-state index in [9.17, 15) is 14.3 Å². The van der Waals surface area contributed by atoms with E-state index in [1.807, 2.05) is 6.07 Å². The van der Waals surface area contributed by atoms with Crippen LogP contribution in [0.4, 0.5) is 10.1 Å². The fraction of sp³-hybridized carbons (Fsp3) is 0. The molecule has 108 valence electrons. The number of halogens is 1. The molecule has 0 atom stereocenters. The second kappa shape index (κ2) is 4.90. The SMILES string of the molecule is N#Cc1ccc(-c2cc(=O)c3cc(F)c(O)c(N)c3o2)cc1. The van der Waals surface area contributed by atoms with Crippen LogP contribution in [0.25, 0.3) is 22.3 Å². The molecule has 0 saturated carbocycles. The summed E-state index contributed by atoms with van der Waals surface area (Å²) >= 11 is 0. The highest BCUT2D eigenvalue weighted by molar-refractivity contribution is 5.91. The number of phenols is 1. The van der Waals surface area contributed by atoms with Crippen molar-refractivity contribution in [2.24, 2.45) is 0 Å². The van der Waals surface area contributed by atoms with Gasteiger partial charge >= 0.3 is 0 Å². The average molecular weight is 296 g/mol. The van der Waals surface area contributed by atoms with Gasteiger partial charge in [0.05, 0.1) is 17.0 Å². The average Bonchev–Trinajstić information content (AvgIpc) is 2.54. The molecule has 1 heterocycles. The first-order valence-corrected chi connectivity index (χ1v) is 6.26. The summed E-state index contributed by atoms with van der Waals surface area (Å²) in [5.74, 6) is -1.53. The molecular formula is C16H9FN2O3. The van der Waals surface area contributed by atoms with Crippen molar-refractivity contribution in [1.82, 2.24) is 0 Å². The molecule has 3 rings (SSSR count). The van der Waals surface area contributed by atoms with Gasteiger partial charge in [0.1, 0.15) is 11.4 Å². The summed E-state index contributed by atoms with van der Waals surface area (Å²) in [5, 5.41) is 18.3. The van der Waals surface area contributed by atoms with E-state index in [1.165, 1.54) is 6.07 Å². The molecule has 0 bridgehead atoms. The number of hydrogen-bond acceptors (Lipinski definition) is 5. The molecule has 0 spiro atoms. The number of benzene rings is 2. The highest BCUT2D eigenvalue weighted by atomic mass is 19.1. The Labute approximate surface area is 123 Å². The van der Waals surface area contributed by atoms with Crippen molar-refractivity contribution >= 4 is 16.7 Å². The number of hydrogen-bond donors (Lipinski definition) is 2. The van der Waals surface area contributed by atoms with E-state index in [2.05, 4.69) is 0 Å². The quantitative estimate of drug-likeness (QED) is 0.531. The first-order chi connectivity index (χ1) is 10.5. The molecular weight excluding hydrogens is 287 g/mol. The fourth-order valence-corrected chi connectivity index (χ4v) is 2.12. The minimum absolute atomic E-state index is 0.0507. The van der Waals surface area contributed by atoms with Crippen LogP contribution in [0.2, 0.25) is 0 Å². The van der Waals surface area contributed by atoms with Gasteiger partial charge in [-0.3, -0.25) is 4.79 Å². The zero-order valence-corrected chi connectivity index (χ0v) is 11.1. The molecule has 0 aliphatic rings. The predicted molar refractivity (Wildman–Crippen MR) is 78.7 cm³/mol. The van der Waals surface area contributed by atoms with Gasteiger partial charge in [0, 0.05) is 11.6 Å². The lowest BCUT2D eigenvalue weighted by Gasteiger charge is -2.07. The number of nitrogens with two attached hydrogens (primary N) is 1. The summed E-state index contributed by atoms with van der Waals surface area (Å²) in [6, 6.07) is 10.5. The van der Waals surface area contributed by atoms with Crippen molar-refractivity contribution in [3.8, 4) is 23.1 Å². The lowest BCUT2D eigenvalue weighted by molar-refractivity contribution is 0.435. The minimum atomic E-state index is -0.983. The first kappa shape index (κ1) is 13.6. The topological polar surface area (TPSA) is 100 Å². The van der Waals surface area contributed by atoms with Crippen molar-refractivity contribution in [1.29, 1.82) is 5.26 Å². The lowest BCUT2D eigenvalue weighted by Crippen LogP contribution is -2.03. The van der Waals surface area contributed by atoms with Crippen molar-refractivity contribution in [3.05, 3.63) is 58.0 Å². The third kappa shape index (κ3) is 2.05. The normalized spacial score (nSPS) is 10.5. The van der Waals surface area contributed by atoms with E-state index >= 15 is 0 Å². The number of nitriles is 1. The van der Waals surface area contributed by atoms with Gasteiger partial charge in [-0.15, -0.1) is 0 Å². The summed E-state index contributed by atoms with van der Waals surface area (Å²) in [6.07, 6.45) is 0. The van der Waals surface area contributed by atoms with Gasteiger partial charge in [-0.1, -0.05) is 0 Å². The van der Waals surface area contributed by atoms with Gasteiger partial charge in [0.25, 0.3) is 0 Å². The molecule has 2 aromatic carbocycles. The summed E-state index contributed by atoms with van der Waals surface area (Å²) in [6.45, 7) is 0. The third-order valence-corrected chi connectivity index (χ3v) is 3.28. The number of aromatic hydroxyl groups is 1. The zero-order chi connectivity index (χ0) is 15.9. The largest absolute Gasteiger partial charge is 0.503 e. The molecule has 5 nitrogen and oxygen atoms in total. The predicted octanol–water partition coefficient (Wildman–Crippen LogP) is 2.76. The van der Waals surface area contributed by atoms with Crippen LogP contribution in [-0.2, 0) is 0 Å². The Kier molecular flexibility index (Phi) is 3.04. The Balaban J connectivity index is 2.28. The highest BCUT2D eigenvalue weighted by Crippen LogP contribution is 2.33. The van der Waals surface area contributed by atoms with Crippen LogP contribution in [0.5, 0.6) is 5.75 Å². The van der Waals surface area contributed by atoms with Crippen LogP contribution in [0.15, 0.2) is 45.6 Å². The summed E-state index contributed by atoms with van der Waals surface area (Å²) in [5.41, 5.74) is 5.75. The number of nitrogens with zero attached hydrogens (tertiary/aromatic N) is 1. The number of rotatable bonds is 1.